The highest BCUT2D eigenvalue weighted by Gasteiger charge is 2.27. The average molecular weight is 339 g/mol. The van der Waals surface area contributed by atoms with E-state index in [2.05, 4.69) is 27.0 Å². The summed E-state index contributed by atoms with van der Waals surface area (Å²) in [5.41, 5.74) is 1.69. The van der Waals surface area contributed by atoms with Crippen LogP contribution in [-0.4, -0.2) is 63.6 Å². The van der Waals surface area contributed by atoms with Gasteiger partial charge in [0.15, 0.2) is 5.82 Å². The molecule has 0 radical (unpaired) electrons. The van der Waals surface area contributed by atoms with E-state index in [1.54, 1.807) is 0 Å². The number of rotatable bonds is 4. The molecule has 25 heavy (non-hydrogen) atoms. The van der Waals surface area contributed by atoms with Gasteiger partial charge in [-0.25, -0.2) is 4.98 Å². The summed E-state index contributed by atoms with van der Waals surface area (Å²) in [4.78, 5) is 21.7. The first-order valence-electron chi connectivity index (χ1n) is 9.29. The Labute approximate surface area is 148 Å². The third kappa shape index (κ3) is 3.58. The Balaban J connectivity index is 1.44. The van der Waals surface area contributed by atoms with Gasteiger partial charge in [-0.1, -0.05) is 19.1 Å². The highest BCUT2D eigenvalue weighted by Crippen LogP contribution is 2.38. The zero-order valence-corrected chi connectivity index (χ0v) is 14.7. The summed E-state index contributed by atoms with van der Waals surface area (Å²) in [6.07, 6.45) is 3.44. The summed E-state index contributed by atoms with van der Waals surface area (Å²) in [5.74, 6) is 2.39. The van der Waals surface area contributed by atoms with Crippen LogP contribution in [0.1, 0.15) is 48.3 Å². The molecular formula is C19H25N5O. The number of aromatic nitrogens is 3. The number of likely N-dealkylation sites (N-methyl/N-ethyl adjacent to an activating group) is 1. The molecule has 1 saturated carbocycles. The lowest BCUT2D eigenvalue weighted by atomic mass is 10.1. The molecule has 132 valence electrons. The van der Waals surface area contributed by atoms with Gasteiger partial charge in [-0.3, -0.25) is 9.89 Å². The first-order valence-corrected chi connectivity index (χ1v) is 9.29. The van der Waals surface area contributed by atoms with Crippen LogP contribution in [0.5, 0.6) is 0 Å². The summed E-state index contributed by atoms with van der Waals surface area (Å²) in [5, 5.41) is 7.34. The van der Waals surface area contributed by atoms with Crippen molar-refractivity contribution in [1.82, 2.24) is 25.0 Å². The number of aromatic amines is 1. The van der Waals surface area contributed by atoms with E-state index in [0.717, 1.165) is 56.1 Å². The van der Waals surface area contributed by atoms with E-state index in [1.807, 2.05) is 29.2 Å². The molecule has 2 fully saturated rings. The fourth-order valence-electron chi connectivity index (χ4n) is 3.38. The molecule has 1 aliphatic heterocycles. The highest BCUT2D eigenvalue weighted by molar-refractivity contribution is 5.94. The van der Waals surface area contributed by atoms with Crippen molar-refractivity contribution in [3.05, 3.63) is 35.7 Å². The third-order valence-electron chi connectivity index (χ3n) is 5.18. The van der Waals surface area contributed by atoms with E-state index in [-0.39, 0.29) is 5.91 Å². The van der Waals surface area contributed by atoms with Crippen LogP contribution in [0.4, 0.5) is 0 Å². The Hall–Kier alpha value is -2.21. The Kier molecular flexibility index (Phi) is 4.53. The van der Waals surface area contributed by atoms with Crippen LogP contribution < -0.4 is 0 Å². The van der Waals surface area contributed by atoms with E-state index in [4.69, 9.17) is 0 Å². The number of hydrogen-bond acceptors (Lipinski definition) is 4. The minimum Gasteiger partial charge on any atom is -0.337 e. The molecule has 0 unspecified atom stereocenters. The van der Waals surface area contributed by atoms with E-state index >= 15 is 0 Å². The van der Waals surface area contributed by atoms with E-state index in [1.165, 1.54) is 12.8 Å². The van der Waals surface area contributed by atoms with E-state index in [9.17, 15) is 4.79 Å². The van der Waals surface area contributed by atoms with Gasteiger partial charge in [0, 0.05) is 36.7 Å². The summed E-state index contributed by atoms with van der Waals surface area (Å²) < 4.78 is 0. The highest BCUT2D eigenvalue weighted by atomic mass is 16.2. The first kappa shape index (κ1) is 16.3. The third-order valence-corrected chi connectivity index (χ3v) is 5.18. The zero-order valence-electron chi connectivity index (χ0n) is 14.7. The van der Waals surface area contributed by atoms with Crippen LogP contribution >= 0.6 is 0 Å². The molecule has 2 heterocycles. The largest absolute Gasteiger partial charge is 0.337 e. The van der Waals surface area contributed by atoms with Crippen molar-refractivity contribution in [2.75, 3.05) is 32.7 Å². The number of benzene rings is 1. The minimum absolute atomic E-state index is 0.123. The minimum atomic E-state index is 0.123. The molecule has 1 aromatic carbocycles. The van der Waals surface area contributed by atoms with Crippen molar-refractivity contribution in [3.63, 3.8) is 0 Å². The normalized spacial score (nSPS) is 19.0. The predicted octanol–water partition coefficient (Wildman–Crippen LogP) is 2.52. The Morgan fingerprint density at radius 3 is 2.68 bits per heavy atom. The van der Waals surface area contributed by atoms with Crippen molar-refractivity contribution < 1.29 is 4.79 Å². The molecule has 1 N–H and O–H groups in total. The number of H-pyrrole nitrogens is 1. The summed E-state index contributed by atoms with van der Waals surface area (Å²) in [6, 6.07) is 7.69. The van der Waals surface area contributed by atoms with Crippen LogP contribution in [0, 0.1) is 0 Å². The van der Waals surface area contributed by atoms with Gasteiger partial charge < -0.3 is 9.80 Å². The molecule has 4 rings (SSSR count). The van der Waals surface area contributed by atoms with Gasteiger partial charge in [0.2, 0.25) is 0 Å². The average Bonchev–Trinajstić information content (AvgIpc) is 3.43. The maximum atomic E-state index is 12.8. The number of carbonyl (C=O) groups is 1. The molecule has 1 aromatic heterocycles. The van der Waals surface area contributed by atoms with Crippen LogP contribution in [-0.2, 0) is 0 Å². The molecule has 2 aliphatic rings. The molecule has 6 heteroatoms. The smallest absolute Gasteiger partial charge is 0.253 e. The lowest BCUT2D eigenvalue weighted by Crippen LogP contribution is -2.35. The Morgan fingerprint density at radius 1 is 1.16 bits per heavy atom. The second-order valence-electron chi connectivity index (χ2n) is 6.98. The van der Waals surface area contributed by atoms with Crippen molar-refractivity contribution in [2.24, 2.45) is 0 Å². The van der Waals surface area contributed by atoms with Crippen molar-refractivity contribution in [3.8, 4) is 11.4 Å². The van der Waals surface area contributed by atoms with Crippen LogP contribution in [0.25, 0.3) is 11.4 Å². The van der Waals surface area contributed by atoms with Crippen molar-refractivity contribution >= 4 is 5.91 Å². The van der Waals surface area contributed by atoms with E-state index < -0.39 is 0 Å². The maximum Gasteiger partial charge on any atom is 0.253 e. The Bertz CT molecular complexity index is 735. The van der Waals surface area contributed by atoms with Gasteiger partial charge in [0.25, 0.3) is 5.91 Å². The quantitative estimate of drug-likeness (QED) is 0.929. The zero-order chi connectivity index (χ0) is 17.2. The second-order valence-corrected chi connectivity index (χ2v) is 6.98. The van der Waals surface area contributed by atoms with Gasteiger partial charge in [-0.05, 0) is 44.5 Å². The molecule has 2 aromatic rings. The number of nitrogens with one attached hydrogen (secondary N) is 1. The van der Waals surface area contributed by atoms with Crippen LogP contribution in [0.15, 0.2) is 24.3 Å². The Morgan fingerprint density at radius 2 is 1.96 bits per heavy atom. The van der Waals surface area contributed by atoms with Crippen LogP contribution in [0.2, 0.25) is 0 Å². The lowest BCUT2D eigenvalue weighted by Gasteiger charge is -2.21. The van der Waals surface area contributed by atoms with Crippen LogP contribution in [0.3, 0.4) is 0 Å². The molecule has 0 atom stereocenters. The summed E-state index contributed by atoms with van der Waals surface area (Å²) in [7, 11) is 0. The fourth-order valence-corrected chi connectivity index (χ4v) is 3.38. The van der Waals surface area contributed by atoms with Crippen molar-refractivity contribution in [1.29, 1.82) is 0 Å². The number of nitrogens with zero attached hydrogens (tertiary/aromatic N) is 4. The van der Waals surface area contributed by atoms with Gasteiger partial charge in [-0.15, -0.1) is 0 Å². The van der Waals surface area contributed by atoms with Gasteiger partial charge in [-0.2, -0.15) is 5.10 Å². The monoisotopic (exact) mass is 339 g/mol. The number of carbonyl (C=O) groups excluding carboxylic acids is 1. The summed E-state index contributed by atoms with van der Waals surface area (Å²) in [6.45, 7) is 6.90. The van der Waals surface area contributed by atoms with Gasteiger partial charge >= 0.3 is 0 Å². The molecule has 1 saturated heterocycles. The SMILES string of the molecule is CCN1CCCN(C(=O)c2ccc(-c3n[nH]c(C4CC4)n3)cc2)CC1. The maximum absolute atomic E-state index is 12.8. The molecular weight excluding hydrogens is 314 g/mol. The molecule has 1 aliphatic carbocycles. The number of hydrogen-bond donors (Lipinski definition) is 1. The fraction of sp³-hybridized carbons (Fsp3) is 0.526. The van der Waals surface area contributed by atoms with Gasteiger partial charge in [0.1, 0.15) is 5.82 Å². The number of amides is 1. The standard InChI is InChI=1S/C19H25N5O/c1-2-23-10-3-11-24(13-12-23)19(25)16-8-6-15(7-9-16)18-20-17(21-22-18)14-4-5-14/h6-9,14H,2-5,10-13H2,1H3,(H,20,21,22). The lowest BCUT2D eigenvalue weighted by molar-refractivity contribution is 0.0762. The first-order chi connectivity index (χ1) is 12.2. The van der Waals surface area contributed by atoms with Crippen molar-refractivity contribution in [2.45, 2.75) is 32.1 Å². The van der Waals surface area contributed by atoms with Gasteiger partial charge in [0.05, 0.1) is 0 Å². The topological polar surface area (TPSA) is 65.1 Å². The van der Waals surface area contributed by atoms with E-state index in [0.29, 0.717) is 11.7 Å². The molecule has 0 bridgehead atoms. The molecule has 0 spiro atoms. The summed E-state index contributed by atoms with van der Waals surface area (Å²) >= 11 is 0. The second kappa shape index (κ2) is 6.96. The predicted molar refractivity (Wildman–Crippen MR) is 96.4 cm³/mol. The molecule has 6 nitrogen and oxygen atoms in total. The molecule has 1 amide bonds.